The van der Waals surface area contributed by atoms with E-state index in [0.29, 0.717) is 5.92 Å². The monoisotopic (exact) mass is 247 g/mol. The van der Waals surface area contributed by atoms with Crippen LogP contribution in [0.1, 0.15) is 57.6 Å². The Balaban J connectivity index is 1.99. The number of benzene rings is 1. The molecule has 0 amide bonds. The molecule has 1 aliphatic rings. The standard InChI is InChI=1S/C16H25NO/c1-12(2)18-15-10-8-14(9-11-15)16(17)13-6-4-3-5-7-13/h8-13,16H,3-7,17H2,1-2H3/t16-/m0/s1. The van der Waals surface area contributed by atoms with Crippen LogP contribution in [0.15, 0.2) is 24.3 Å². The van der Waals surface area contributed by atoms with Gasteiger partial charge in [0.15, 0.2) is 0 Å². The smallest absolute Gasteiger partial charge is 0.119 e. The van der Waals surface area contributed by atoms with Gasteiger partial charge in [0.05, 0.1) is 6.10 Å². The molecule has 0 spiro atoms. The van der Waals surface area contributed by atoms with E-state index in [1.54, 1.807) is 0 Å². The summed E-state index contributed by atoms with van der Waals surface area (Å²) < 4.78 is 5.65. The van der Waals surface area contributed by atoms with Crippen LogP contribution in [0, 0.1) is 5.92 Å². The lowest BCUT2D eigenvalue weighted by atomic mass is 9.81. The molecule has 100 valence electrons. The first-order valence-corrected chi connectivity index (χ1v) is 7.19. The van der Waals surface area contributed by atoms with E-state index < -0.39 is 0 Å². The highest BCUT2D eigenvalue weighted by Gasteiger charge is 2.21. The third-order valence-electron chi connectivity index (χ3n) is 3.79. The van der Waals surface area contributed by atoms with Crippen molar-refractivity contribution >= 4 is 0 Å². The van der Waals surface area contributed by atoms with Crippen molar-refractivity contribution in [3.63, 3.8) is 0 Å². The maximum Gasteiger partial charge on any atom is 0.119 e. The molecule has 1 aliphatic carbocycles. The number of hydrogen-bond acceptors (Lipinski definition) is 2. The first-order chi connectivity index (χ1) is 8.66. The Kier molecular flexibility index (Phi) is 4.65. The van der Waals surface area contributed by atoms with Gasteiger partial charge in [-0.05, 0) is 50.3 Å². The summed E-state index contributed by atoms with van der Waals surface area (Å²) in [7, 11) is 0. The predicted molar refractivity (Wildman–Crippen MR) is 75.7 cm³/mol. The minimum Gasteiger partial charge on any atom is -0.491 e. The molecular weight excluding hydrogens is 222 g/mol. The Labute approximate surface area is 111 Å². The zero-order valence-electron chi connectivity index (χ0n) is 11.6. The van der Waals surface area contributed by atoms with E-state index in [9.17, 15) is 0 Å². The highest BCUT2D eigenvalue weighted by Crippen LogP contribution is 2.33. The van der Waals surface area contributed by atoms with Crippen LogP contribution in [0.3, 0.4) is 0 Å². The average molecular weight is 247 g/mol. The summed E-state index contributed by atoms with van der Waals surface area (Å²) >= 11 is 0. The quantitative estimate of drug-likeness (QED) is 0.871. The fourth-order valence-electron chi connectivity index (χ4n) is 2.81. The number of rotatable bonds is 4. The topological polar surface area (TPSA) is 35.2 Å². The summed E-state index contributed by atoms with van der Waals surface area (Å²) in [5.74, 6) is 1.60. The first-order valence-electron chi connectivity index (χ1n) is 7.19. The van der Waals surface area contributed by atoms with Crippen molar-refractivity contribution in [1.29, 1.82) is 0 Å². The third-order valence-corrected chi connectivity index (χ3v) is 3.79. The highest BCUT2D eigenvalue weighted by molar-refractivity contribution is 5.29. The molecule has 0 aliphatic heterocycles. The van der Waals surface area contributed by atoms with Gasteiger partial charge in [-0.3, -0.25) is 0 Å². The van der Waals surface area contributed by atoms with Crippen LogP contribution >= 0.6 is 0 Å². The molecule has 1 fully saturated rings. The lowest BCUT2D eigenvalue weighted by molar-refractivity contribution is 0.242. The van der Waals surface area contributed by atoms with Crippen molar-refractivity contribution in [2.24, 2.45) is 11.7 Å². The molecule has 0 radical (unpaired) electrons. The van der Waals surface area contributed by atoms with E-state index in [4.69, 9.17) is 10.5 Å². The Morgan fingerprint density at radius 1 is 1.06 bits per heavy atom. The van der Waals surface area contributed by atoms with Gasteiger partial charge in [0.2, 0.25) is 0 Å². The van der Waals surface area contributed by atoms with Crippen LogP contribution in [0.5, 0.6) is 5.75 Å². The lowest BCUT2D eigenvalue weighted by Crippen LogP contribution is -2.23. The van der Waals surface area contributed by atoms with Crippen LogP contribution < -0.4 is 10.5 Å². The van der Waals surface area contributed by atoms with Crippen molar-refractivity contribution in [1.82, 2.24) is 0 Å². The fraction of sp³-hybridized carbons (Fsp3) is 0.625. The Morgan fingerprint density at radius 2 is 1.67 bits per heavy atom. The zero-order valence-corrected chi connectivity index (χ0v) is 11.6. The zero-order chi connectivity index (χ0) is 13.0. The largest absolute Gasteiger partial charge is 0.491 e. The third kappa shape index (κ3) is 3.49. The van der Waals surface area contributed by atoms with Gasteiger partial charge in [-0.2, -0.15) is 0 Å². The summed E-state index contributed by atoms with van der Waals surface area (Å²) in [4.78, 5) is 0. The van der Waals surface area contributed by atoms with Gasteiger partial charge in [0, 0.05) is 6.04 Å². The maximum absolute atomic E-state index is 6.38. The SMILES string of the molecule is CC(C)Oc1ccc([C@@H](N)C2CCCCC2)cc1. The second kappa shape index (κ2) is 6.24. The number of nitrogens with two attached hydrogens (primary N) is 1. The van der Waals surface area contributed by atoms with Crippen molar-refractivity contribution in [2.45, 2.75) is 58.1 Å². The normalized spacial score (nSPS) is 18.9. The Bertz CT molecular complexity index is 352. The second-order valence-corrected chi connectivity index (χ2v) is 5.66. The van der Waals surface area contributed by atoms with Crippen LogP contribution in [-0.2, 0) is 0 Å². The van der Waals surface area contributed by atoms with E-state index in [1.165, 1.54) is 37.7 Å². The van der Waals surface area contributed by atoms with E-state index >= 15 is 0 Å². The number of hydrogen-bond donors (Lipinski definition) is 1. The molecule has 1 aromatic carbocycles. The molecule has 1 saturated carbocycles. The fourth-order valence-corrected chi connectivity index (χ4v) is 2.81. The minimum atomic E-state index is 0.193. The van der Waals surface area contributed by atoms with Gasteiger partial charge >= 0.3 is 0 Å². The maximum atomic E-state index is 6.38. The molecule has 2 nitrogen and oxygen atoms in total. The summed E-state index contributed by atoms with van der Waals surface area (Å²) in [5.41, 5.74) is 7.63. The Morgan fingerprint density at radius 3 is 2.22 bits per heavy atom. The minimum absolute atomic E-state index is 0.193. The average Bonchev–Trinajstić information content (AvgIpc) is 2.39. The summed E-state index contributed by atoms with van der Waals surface area (Å²) in [6.45, 7) is 4.09. The van der Waals surface area contributed by atoms with Gasteiger partial charge in [-0.15, -0.1) is 0 Å². The molecule has 0 bridgehead atoms. The van der Waals surface area contributed by atoms with E-state index in [1.807, 2.05) is 26.0 Å². The number of ether oxygens (including phenoxy) is 1. The van der Waals surface area contributed by atoms with Crippen LogP contribution in [0.25, 0.3) is 0 Å². The van der Waals surface area contributed by atoms with Crippen molar-refractivity contribution in [3.8, 4) is 5.75 Å². The first kappa shape index (κ1) is 13.4. The predicted octanol–water partition coefficient (Wildman–Crippen LogP) is 4.05. The van der Waals surface area contributed by atoms with Crippen LogP contribution in [-0.4, -0.2) is 6.10 Å². The molecule has 1 aromatic rings. The van der Waals surface area contributed by atoms with E-state index in [0.717, 1.165) is 5.75 Å². The summed E-state index contributed by atoms with van der Waals surface area (Å²) in [5, 5.41) is 0. The molecule has 0 saturated heterocycles. The van der Waals surface area contributed by atoms with Crippen molar-refractivity contribution < 1.29 is 4.74 Å². The molecule has 0 heterocycles. The van der Waals surface area contributed by atoms with Crippen molar-refractivity contribution in [3.05, 3.63) is 29.8 Å². The highest BCUT2D eigenvalue weighted by atomic mass is 16.5. The summed E-state index contributed by atoms with van der Waals surface area (Å²) in [6.07, 6.45) is 6.85. The van der Waals surface area contributed by atoms with Crippen LogP contribution in [0.4, 0.5) is 0 Å². The van der Waals surface area contributed by atoms with Gasteiger partial charge in [-0.1, -0.05) is 31.4 Å². The molecule has 2 heteroatoms. The lowest BCUT2D eigenvalue weighted by Gasteiger charge is -2.27. The molecule has 2 rings (SSSR count). The molecule has 0 aromatic heterocycles. The summed E-state index contributed by atoms with van der Waals surface area (Å²) in [6, 6.07) is 8.52. The molecular formula is C16H25NO. The van der Waals surface area contributed by atoms with E-state index in [2.05, 4.69) is 12.1 Å². The molecule has 0 unspecified atom stereocenters. The molecule has 18 heavy (non-hydrogen) atoms. The van der Waals surface area contributed by atoms with Gasteiger partial charge in [-0.25, -0.2) is 0 Å². The Hall–Kier alpha value is -1.02. The van der Waals surface area contributed by atoms with Crippen molar-refractivity contribution in [2.75, 3.05) is 0 Å². The van der Waals surface area contributed by atoms with Gasteiger partial charge in [0.1, 0.15) is 5.75 Å². The van der Waals surface area contributed by atoms with E-state index in [-0.39, 0.29) is 12.1 Å². The second-order valence-electron chi connectivity index (χ2n) is 5.66. The molecule has 1 atom stereocenters. The molecule has 2 N–H and O–H groups in total. The van der Waals surface area contributed by atoms with Gasteiger partial charge < -0.3 is 10.5 Å². The van der Waals surface area contributed by atoms with Crippen LogP contribution in [0.2, 0.25) is 0 Å². The van der Waals surface area contributed by atoms with Gasteiger partial charge in [0.25, 0.3) is 0 Å².